The molecule has 1 aromatic rings. The van der Waals surface area contributed by atoms with Crippen LogP contribution in [0, 0.1) is 5.82 Å². The van der Waals surface area contributed by atoms with Crippen molar-refractivity contribution in [3.05, 3.63) is 34.1 Å². The Morgan fingerprint density at radius 3 is 3.00 bits per heavy atom. The van der Waals surface area contributed by atoms with Gasteiger partial charge in [-0.3, -0.25) is 0 Å². The number of hydrogen-bond donors (Lipinski definition) is 1. The lowest BCUT2D eigenvalue weighted by atomic mass is 9.99. The van der Waals surface area contributed by atoms with Gasteiger partial charge in [-0.15, -0.1) is 0 Å². The molecule has 1 aromatic carbocycles. The molecule has 0 radical (unpaired) electrons. The van der Waals surface area contributed by atoms with Crippen molar-refractivity contribution in [3.8, 4) is 0 Å². The van der Waals surface area contributed by atoms with E-state index in [9.17, 15) is 9.50 Å². The van der Waals surface area contributed by atoms with Gasteiger partial charge in [-0.25, -0.2) is 4.39 Å². The Morgan fingerprint density at radius 1 is 1.44 bits per heavy atom. The summed E-state index contributed by atoms with van der Waals surface area (Å²) in [5.41, 5.74) is 0.361. The van der Waals surface area contributed by atoms with E-state index in [1.165, 1.54) is 12.5 Å². The minimum absolute atomic E-state index is 0.226. The van der Waals surface area contributed by atoms with Crippen molar-refractivity contribution >= 4 is 15.9 Å². The second-order valence-electron chi connectivity index (χ2n) is 4.75. The third-order valence-corrected chi connectivity index (χ3v) is 3.85. The van der Waals surface area contributed by atoms with Crippen LogP contribution in [-0.4, -0.2) is 17.8 Å². The zero-order valence-electron chi connectivity index (χ0n) is 10.2. The van der Waals surface area contributed by atoms with Crippen LogP contribution in [0.15, 0.2) is 22.7 Å². The topological polar surface area (TPSA) is 29.5 Å². The molecule has 1 aliphatic rings. The molecule has 1 saturated heterocycles. The van der Waals surface area contributed by atoms with Gasteiger partial charge in [0.05, 0.1) is 12.2 Å². The third kappa shape index (κ3) is 3.77. The van der Waals surface area contributed by atoms with Crippen LogP contribution in [0.1, 0.15) is 43.8 Å². The van der Waals surface area contributed by atoms with Crippen LogP contribution < -0.4 is 0 Å². The fourth-order valence-electron chi connectivity index (χ4n) is 2.30. The highest BCUT2D eigenvalue weighted by Crippen LogP contribution is 2.27. The first kappa shape index (κ1) is 14.0. The Morgan fingerprint density at radius 2 is 2.28 bits per heavy atom. The van der Waals surface area contributed by atoms with Gasteiger partial charge < -0.3 is 9.84 Å². The Hall–Kier alpha value is -0.450. The Kier molecular flexibility index (Phi) is 5.15. The smallest absolute Gasteiger partial charge is 0.129 e. The van der Waals surface area contributed by atoms with Crippen molar-refractivity contribution in [2.24, 2.45) is 0 Å². The highest BCUT2D eigenvalue weighted by Gasteiger charge is 2.18. The van der Waals surface area contributed by atoms with Crippen molar-refractivity contribution in [2.45, 2.75) is 44.3 Å². The van der Waals surface area contributed by atoms with Gasteiger partial charge in [0.15, 0.2) is 0 Å². The van der Waals surface area contributed by atoms with Gasteiger partial charge in [0, 0.05) is 16.6 Å². The zero-order chi connectivity index (χ0) is 13.0. The predicted molar refractivity (Wildman–Crippen MR) is 71.9 cm³/mol. The largest absolute Gasteiger partial charge is 0.388 e. The molecule has 1 fully saturated rings. The maximum atomic E-state index is 13.6. The van der Waals surface area contributed by atoms with E-state index in [4.69, 9.17) is 4.74 Å². The third-order valence-electron chi connectivity index (χ3n) is 3.35. The molecule has 1 heterocycles. The number of aliphatic hydroxyl groups excluding tert-OH is 1. The lowest BCUT2D eigenvalue weighted by molar-refractivity contribution is 0.00190. The molecule has 0 aromatic heterocycles. The molecule has 2 rings (SSSR count). The van der Waals surface area contributed by atoms with E-state index in [1.54, 1.807) is 12.1 Å². The fourth-order valence-corrected chi connectivity index (χ4v) is 2.68. The van der Waals surface area contributed by atoms with Gasteiger partial charge in [-0.05, 0) is 50.3 Å². The fraction of sp³-hybridized carbons (Fsp3) is 0.571. The van der Waals surface area contributed by atoms with Crippen LogP contribution in [-0.2, 0) is 4.74 Å². The molecular weight excluding hydrogens is 299 g/mol. The molecule has 1 aliphatic heterocycles. The van der Waals surface area contributed by atoms with E-state index in [0.29, 0.717) is 12.0 Å². The van der Waals surface area contributed by atoms with Crippen molar-refractivity contribution in [3.63, 3.8) is 0 Å². The SMILES string of the molecule is OC(CCC1CCCCO1)c1cc(Br)ccc1F. The second kappa shape index (κ2) is 6.64. The van der Waals surface area contributed by atoms with Crippen LogP contribution in [0.5, 0.6) is 0 Å². The van der Waals surface area contributed by atoms with E-state index in [1.807, 2.05) is 0 Å². The summed E-state index contributed by atoms with van der Waals surface area (Å²) in [7, 11) is 0. The molecule has 2 unspecified atom stereocenters. The monoisotopic (exact) mass is 316 g/mol. The number of aliphatic hydroxyl groups is 1. The number of rotatable bonds is 4. The summed E-state index contributed by atoms with van der Waals surface area (Å²) in [6.45, 7) is 0.812. The van der Waals surface area contributed by atoms with Gasteiger partial charge >= 0.3 is 0 Å². The summed E-state index contributed by atoms with van der Waals surface area (Å²) in [5.74, 6) is -0.352. The number of halogens is 2. The first-order valence-electron chi connectivity index (χ1n) is 6.41. The van der Waals surface area contributed by atoms with E-state index >= 15 is 0 Å². The van der Waals surface area contributed by atoms with E-state index in [2.05, 4.69) is 15.9 Å². The van der Waals surface area contributed by atoms with Crippen LogP contribution in [0.25, 0.3) is 0 Å². The highest BCUT2D eigenvalue weighted by molar-refractivity contribution is 9.10. The molecule has 0 amide bonds. The zero-order valence-corrected chi connectivity index (χ0v) is 11.8. The quantitative estimate of drug-likeness (QED) is 0.910. The Bertz CT molecular complexity index is 391. The molecule has 2 nitrogen and oxygen atoms in total. The minimum atomic E-state index is -0.756. The van der Waals surface area contributed by atoms with Gasteiger partial charge in [0.25, 0.3) is 0 Å². The summed E-state index contributed by atoms with van der Waals surface area (Å²) < 4.78 is 20.0. The molecule has 0 bridgehead atoms. The minimum Gasteiger partial charge on any atom is -0.388 e. The summed E-state index contributed by atoms with van der Waals surface area (Å²) in [6.07, 6.45) is 4.15. The standard InChI is InChI=1S/C14H18BrFO2/c15-10-4-6-13(16)12(9-10)14(17)7-5-11-3-1-2-8-18-11/h4,6,9,11,14,17H,1-3,5,7-8H2. The molecule has 2 atom stereocenters. The normalized spacial score (nSPS) is 21.8. The summed E-state index contributed by atoms with van der Waals surface area (Å²) in [6, 6.07) is 4.65. The van der Waals surface area contributed by atoms with Gasteiger partial charge in [-0.2, -0.15) is 0 Å². The lowest BCUT2D eigenvalue weighted by Crippen LogP contribution is -2.19. The molecule has 18 heavy (non-hydrogen) atoms. The van der Waals surface area contributed by atoms with Crippen LogP contribution in [0.4, 0.5) is 4.39 Å². The summed E-state index contributed by atoms with van der Waals surface area (Å²) >= 11 is 3.29. The predicted octanol–water partition coefficient (Wildman–Crippen LogP) is 3.97. The molecule has 0 saturated carbocycles. The number of benzene rings is 1. The van der Waals surface area contributed by atoms with E-state index in [-0.39, 0.29) is 11.9 Å². The second-order valence-corrected chi connectivity index (χ2v) is 5.66. The summed E-state index contributed by atoms with van der Waals surface area (Å²) in [5, 5.41) is 10.0. The average Bonchev–Trinajstić information content (AvgIpc) is 2.40. The molecule has 100 valence electrons. The first-order valence-corrected chi connectivity index (χ1v) is 7.20. The van der Waals surface area contributed by atoms with Crippen molar-refractivity contribution in [1.82, 2.24) is 0 Å². The molecule has 4 heteroatoms. The Labute approximate surface area is 115 Å². The number of hydrogen-bond acceptors (Lipinski definition) is 2. The lowest BCUT2D eigenvalue weighted by Gasteiger charge is -2.23. The average molecular weight is 317 g/mol. The maximum Gasteiger partial charge on any atom is 0.129 e. The van der Waals surface area contributed by atoms with Crippen LogP contribution in [0.3, 0.4) is 0 Å². The van der Waals surface area contributed by atoms with Crippen molar-refractivity contribution in [1.29, 1.82) is 0 Å². The van der Waals surface area contributed by atoms with Crippen LogP contribution >= 0.6 is 15.9 Å². The van der Waals surface area contributed by atoms with E-state index in [0.717, 1.165) is 30.3 Å². The molecule has 0 spiro atoms. The van der Waals surface area contributed by atoms with Crippen LogP contribution in [0.2, 0.25) is 0 Å². The van der Waals surface area contributed by atoms with Gasteiger partial charge in [0.1, 0.15) is 5.82 Å². The summed E-state index contributed by atoms with van der Waals surface area (Å²) in [4.78, 5) is 0. The number of ether oxygens (including phenoxy) is 1. The maximum absolute atomic E-state index is 13.6. The molecule has 1 N–H and O–H groups in total. The molecular formula is C14H18BrFO2. The first-order chi connectivity index (χ1) is 8.66. The van der Waals surface area contributed by atoms with Crippen molar-refractivity contribution in [2.75, 3.05) is 6.61 Å². The van der Waals surface area contributed by atoms with E-state index < -0.39 is 6.10 Å². The molecule has 0 aliphatic carbocycles. The highest BCUT2D eigenvalue weighted by atomic mass is 79.9. The Balaban J connectivity index is 1.90. The van der Waals surface area contributed by atoms with Gasteiger partial charge in [0.2, 0.25) is 0 Å². The van der Waals surface area contributed by atoms with Gasteiger partial charge in [-0.1, -0.05) is 15.9 Å². The van der Waals surface area contributed by atoms with Crippen molar-refractivity contribution < 1.29 is 14.2 Å².